The van der Waals surface area contributed by atoms with Crippen LogP contribution in [0, 0.1) is 0 Å². The van der Waals surface area contributed by atoms with Gasteiger partial charge in [0.2, 0.25) is 5.89 Å². The predicted octanol–water partition coefficient (Wildman–Crippen LogP) is 2.52. The van der Waals surface area contributed by atoms with Crippen molar-refractivity contribution >= 4 is 15.9 Å². The number of benzene rings is 1. The maximum atomic E-state index is 6.17. The molecule has 1 aliphatic heterocycles. The molecule has 6 heteroatoms. The number of halogens is 1. The highest BCUT2D eigenvalue weighted by Gasteiger charge is 2.20. The molecule has 1 aromatic carbocycles. The van der Waals surface area contributed by atoms with E-state index in [1.807, 2.05) is 24.3 Å². The molecule has 1 saturated heterocycles. The number of aromatic nitrogens is 2. The first kappa shape index (κ1) is 14.7. The Hall–Kier alpha value is -1.24. The van der Waals surface area contributed by atoms with Gasteiger partial charge < -0.3 is 15.2 Å². The summed E-state index contributed by atoms with van der Waals surface area (Å²) in [5, 5.41) is 4.03. The zero-order chi connectivity index (χ0) is 14.7. The SMILES string of the molecule is NC(CN1CCCC1)c1noc(Cc2cccc(Br)c2)n1. The van der Waals surface area contributed by atoms with Crippen LogP contribution in [-0.2, 0) is 6.42 Å². The van der Waals surface area contributed by atoms with Crippen molar-refractivity contribution in [3.8, 4) is 0 Å². The molecule has 0 aliphatic carbocycles. The molecule has 1 aromatic heterocycles. The minimum Gasteiger partial charge on any atom is -0.339 e. The Morgan fingerprint density at radius 1 is 1.33 bits per heavy atom. The summed E-state index contributed by atoms with van der Waals surface area (Å²) in [4.78, 5) is 6.79. The van der Waals surface area contributed by atoms with Gasteiger partial charge in [-0.3, -0.25) is 0 Å². The van der Waals surface area contributed by atoms with E-state index in [1.165, 1.54) is 12.8 Å². The summed E-state index contributed by atoms with van der Waals surface area (Å²) in [5.74, 6) is 1.21. The van der Waals surface area contributed by atoms with Crippen LogP contribution < -0.4 is 5.73 Å². The van der Waals surface area contributed by atoms with E-state index in [1.54, 1.807) is 0 Å². The summed E-state index contributed by atoms with van der Waals surface area (Å²) < 4.78 is 6.37. The first-order valence-corrected chi connectivity index (χ1v) is 8.05. The van der Waals surface area contributed by atoms with Gasteiger partial charge in [0.05, 0.1) is 12.5 Å². The quantitative estimate of drug-likeness (QED) is 0.897. The summed E-state index contributed by atoms with van der Waals surface area (Å²) in [6, 6.07) is 7.90. The third kappa shape index (κ3) is 3.90. The third-order valence-corrected chi connectivity index (χ3v) is 4.21. The van der Waals surface area contributed by atoms with Gasteiger partial charge >= 0.3 is 0 Å². The summed E-state index contributed by atoms with van der Waals surface area (Å²) in [6.07, 6.45) is 3.14. The molecule has 0 amide bonds. The Balaban J connectivity index is 1.62. The standard InChI is InChI=1S/C15H19BrN4O/c16-12-5-3-4-11(8-12)9-14-18-15(19-21-14)13(17)10-20-6-1-2-7-20/h3-5,8,13H,1-2,6-7,9-10,17H2. The lowest BCUT2D eigenvalue weighted by Crippen LogP contribution is -2.30. The highest BCUT2D eigenvalue weighted by Crippen LogP contribution is 2.17. The Kier molecular flexibility index (Phi) is 4.67. The van der Waals surface area contributed by atoms with Crippen LogP contribution >= 0.6 is 15.9 Å². The van der Waals surface area contributed by atoms with E-state index in [-0.39, 0.29) is 6.04 Å². The molecular formula is C15H19BrN4O. The fourth-order valence-electron chi connectivity index (χ4n) is 2.64. The summed E-state index contributed by atoms with van der Waals surface area (Å²) in [5.41, 5.74) is 7.30. The van der Waals surface area contributed by atoms with E-state index >= 15 is 0 Å². The molecule has 2 N–H and O–H groups in total. The molecule has 3 rings (SSSR count). The highest BCUT2D eigenvalue weighted by atomic mass is 79.9. The summed E-state index contributed by atoms with van der Waals surface area (Å²) in [6.45, 7) is 3.04. The van der Waals surface area contributed by atoms with Crippen molar-refractivity contribution in [3.63, 3.8) is 0 Å². The Morgan fingerprint density at radius 3 is 2.90 bits per heavy atom. The van der Waals surface area contributed by atoms with Crippen LogP contribution in [0.2, 0.25) is 0 Å². The van der Waals surface area contributed by atoms with Crippen LogP contribution in [-0.4, -0.2) is 34.7 Å². The lowest BCUT2D eigenvalue weighted by molar-refractivity contribution is 0.305. The molecule has 21 heavy (non-hydrogen) atoms. The van der Waals surface area contributed by atoms with Gasteiger partial charge in [0, 0.05) is 11.0 Å². The topological polar surface area (TPSA) is 68.2 Å². The maximum absolute atomic E-state index is 6.17. The number of likely N-dealkylation sites (tertiary alicyclic amines) is 1. The van der Waals surface area contributed by atoms with Gasteiger partial charge in [-0.05, 0) is 43.6 Å². The van der Waals surface area contributed by atoms with E-state index in [2.05, 4.69) is 31.0 Å². The molecule has 0 spiro atoms. The molecule has 1 fully saturated rings. The van der Waals surface area contributed by atoms with Crippen molar-refractivity contribution in [3.05, 3.63) is 46.0 Å². The highest BCUT2D eigenvalue weighted by molar-refractivity contribution is 9.10. The van der Waals surface area contributed by atoms with E-state index in [4.69, 9.17) is 10.3 Å². The average molecular weight is 351 g/mol. The summed E-state index contributed by atoms with van der Waals surface area (Å²) in [7, 11) is 0. The first-order valence-electron chi connectivity index (χ1n) is 7.25. The number of hydrogen-bond acceptors (Lipinski definition) is 5. The van der Waals surface area contributed by atoms with E-state index in [9.17, 15) is 0 Å². The van der Waals surface area contributed by atoms with Crippen LogP contribution in [0.25, 0.3) is 0 Å². The number of rotatable bonds is 5. The predicted molar refractivity (Wildman–Crippen MR) is 83.8 cm³/mol. The molecule has 2 aromatic rings. The molecule has 1 aliphatic rings. The second-order valence-electron chi connectivity index (χ2n) is 5.47. The molecule has 1 atom stereocenters. The molecule has 0 radical (unpaired) electrons. The number of hydrogen-bond donors (Lipinski definition) is 1. The minimum atomic E-state index is -0.178. The van der Waals surface area contributed by atoms with Crippen LogP contribution in [0.15, 0.2) is 33.3 Å². The van der Waals surface area contributed by atoms with Gasteiger partial charge in [-0.2, -0.15) is 4.98 Å². The molecule has 2 heterocycles. The largest absolute Gasteiger partial charge is 0.339 e. The zero-order valence-corrected chi connectivity index (χ0v) is 13.4. The molecule has 112 valence electrons. The lowest BCUT2D eigenvalue weighted by Gasteiger charge is -2.17. The molecule has 0 bridgehead atoms. The van der Waals surface area contributed by atoms with Crippen LogP contribution in [0.3, 0.4) is 0 Å². The average Bonchev–Trinajstić information content (AvgIpc) is 3.10. The normalized spacial score (nSPS) is 17.2. The van der Waals surface area contributed by atoms with Crippen LogP contribution in [0.1, 0.15) is 36.2 Å². The maximum Gasteiger partial charge on any atom is 0.231 e. The first-order chi connectivity index (χ1) is 10.2. The number of nitrogens with zero attached hydrogens (tertiary/aromatic N) is 3. The minimum absolute atomic E-state index is 0.178. The van der Waals surface area contributed by atoms with Gasteiger partial charge in [0.15, 0.2) is 5.82 Å². The van der Waals surface area contributed by atoms with Crippen LogP contribution in [0.5, 0.6) is 0 Å². The number of nitrogens with two attached hydrogens (primary N) is 1. The van der Waals surface area contributed by atoms with E-state index < -0.39 is 0 Å². The molecule has 5 nitrogen and oxygen atoms in total. The Morgan fingerprint density at radius 2 is 2.14 bits per heavy atom. The van der Waals surface area contributed by atoms with Crippen molar-refractivity contribution in [2.75, 3.05) is 19.6 Å². The van der Waals surface area contributed by atoms with Gasteiger partial charge in [0.1, 0.15) is 0 Å². The van der Waals surface area contributed by atoms with Gasteiger partial charge in [0.25, 0.3) is 0 Å². The van der Waals surface area contributed by atoms with Gasteiger partial charge in [-0.1, -0.05) is 33.2 Å². The van der Waals surface area contributed by atoms with Crippen molar-refractivity contribution in [1.82, 2.24) is 15.0 Å². The van der Waals surface area contributed by atoms with Gasteiger partial charge in [-0.25, -0.2) is 0 Å². The summed E-state index contributed by atoms with van der Waals surface area (Å²) >= 11 is 3.46. The fourth-order valence-corrected chi connectivity index (χ4v) is 3.08. The van der Waals surface area contributed by atoms with E-state index in [0.717, 1.165) is 29.7 Å². The van der Waals surface area contributed by atoms with Crippen molar-refractivity contribution in [1.29, 1.82) is 0 Å². The van der Waals surface area contributed by atoms with Crippen molar-refractivity contribution < 1.29 is 4.52 Å². The Bertz CT molecular complexity index is 595. The smallest absolute Gasteiger partial charge is 0.231 e. The van der Waals surface area contributed by atoms with Crippen molar-refractivity contribution in [2.45, 2.75) is 25.3 Å². The van der Waals surface area contributed by atoms with E-state index in [0.29, 0.717) is 18.1 Å². The lowest BCUT2D eigenvalue weighted by atomic mass is 10.1. The molecule has 1 unspecified atom stereocenters. The molecular weight excluding hydrogens is 332 g/mol. The van der Waals surface area contributed by atoms with Crippen LogP contribution in [0.4, 0.5) is 0 Å². The zero-order valence-electron chi connectivity index (χ0n) is 11.8. The second kappa shape index (κ2) is 6.68. The fraction of sp³-hybridized carbons (Fsp3) is 0.467. The third-order valence-electron chi connectivity index (χ3n) is 3.71. The van der Waals surface area contributed by atoms with Crippen molar-refractivity contribution in [2.24, 2.45) is 5.73 Å². The molecule has 0 saturated carbocycles. The Labute approximate surface area is 132 Å². The monoisotopic (exact) mass is 350 g/mol. The second-order valence-corrected chi connectivity index (χ2v) is 6.38. The van der Waals surface area contributed by atoms with Gasteiger partial charge in [-0.15, -0.1) is 0 Å².